The molecule has 0 fully saturated rings. The molecule has 0 aliphatic heterocycles. The van der Waals surface area contributed by atoms with E-state index in [0.717, 1.165) is 39.9 Å². The van der Waals surface area contributed by atoms with E-state index in [-0.39, 0.29) is 43.3 Å². The fourth-order valence-electron chi connectivity index (χ4n) is 5.13. The molecule has 1 atom stereocenters. The van der Waals surface area contributed by atoms with Gasteiger partial charge in [-0.25, -0.2) is 8.78 Å². The molecule has 0 amide bonds. The lowest BCUT2D eigenvalue weighted by molar-refractivity contribution is -0.153. The summed E-state index contributed by atoms with van der Waals surface area (Å²) in [6, 6.07) is 27.2. The fourth-order valence-corrected chi connectivity index (χ4v) is 5.13. The number of methoxy groups -OCH3 is 1. The average Bonchev–Trinajstić information content (AvgIpc) is 3.30. The fraction of sp³-hybridized carbons (Fsp3) is 0.212. The first-order valence-electron chi connectivity index (χ1n) is 13.0. The van der Waals surface area contributed by atoms with Crippen LogP contribution in [-0.2, 0) is 32.1 Å². The monoisotopic (exact) mass is 542 g/mol. The number of carbonyl (C=O) groups excluding carboxylic acids is 2. The van der Waals surface area contributed by atoms with Crippen LogP contribution in [0.1, 0.15) is 34.6 Å². The third kappa shape index (κ3) is 5.88. The third-order valence-electron chi connectivity index (χ3n) is 7.13. The van der Waals surface area contributed by atoms with E-state index in [1.54, 1.807) is 0 Å². The van der Waals surface area contributed by atoms with Crippen molar-refractivity contribution in [2.45, 2.75) is 25.4 Å². The lowest BCUT2D eigenvalue weighted by Gasteiger charge is -2.18. The number of carbonyl (C=O) groups is 2. The standard InChI is InChI=1S/C33H28F2O5/c1-38-33(37)22(15-28-30(34)17-23(18-31(28)35)39-19-21-9-3-2-4-10-21)16-32(36)40-20-29-26-13-7-5-11-24(26)25-12-6-8-14-27(25)29/h2-14,17-18,22,29H,15-16,19-20H2,1H3/t22-/m1/s1. The SMILES string of the molecule is COC(=O)[C@@H](CC(=O)OCC1c2ccccc2-c2ccccc21)Cc1c(F)cc(OCc2ccccc2)cc1F. The Hall–Kier alpha value is -4.52. The normalized spacial score (nSPS) is 12.8. The molecular formula is C33H28F2O5. The number of hydrogen-bond donors (Lipinski definition) is 0. The zero-order chi connectivity index (χ0) is 28.1. The Bertz CT molecular complexity index is 1450. The molecule has 0 N–H and O–H groups in total. The average molecular weight is 543 g/mol. The highest BCUT2D eigenvalue weighted by Gasteiger charge is 2.31. The largest absolute Gasteiger partial charge is 0.489 e. The van der Waals surface area contributed by atoms with Gasteiger partial charge in [-0.05, 0) is 34.2 Å². The van der Waals surface area contributed by atoms with Crippen molar-refractivity contribution in [2.75, 3.05) is 13.7 Å². The van der Waals surface area contributed by atoms with Gasteiger partial charge in [0.1, 0.15) is 30.6 Å². The van der Waals surface area contributed by atoms with E-state index in [9.17, 15) is 18.4 Å². The van der Waals surface area contributed by atoms with Crippen molar-refractivity contribution in [1.29, 1.82) is 0 Å². The number of esters is 2. The van der Waals surface area contributed by atoms with E-state index in [2.05, 4.69) is 0 Å². The molecule has 5 rings (SSSR count). The van der Waals surface area contributed by atoms with Crippen LogP contribution in [0.4, 0.5) is 8.78 Å². The molecular weight excluding hydrogens is 514 g/mol. The van der Waals surface area contributed by atoms with Crippen molar-refractivity contribution in [3.63, 3.8) is 0 Å². The molecule has 5 nitrogen and oxygen atoms in total. The molecule has 4 aromatic carbocycles. The van der Waals surface area contributed by atoms with Crippen LogP contribution in [0.5, 0.6) is 5.75 Å². The van der Waals surface area contributed by atoms with Crippen LogP contribution in [0.15, 0.2) is 91.0 Å². The number of fused-ring (bicyclic) bond motifs is 3. The Labute approximate surface area is 231 Å². The first-order valence-corrected chi connectivity index (χ1v) is 13.0. The molecule has 0 saturated carbocycles. The molecule has 0 radical (unpaired) electrons. The summed E-state index contributed by atoms with van der Waals surface area (Å²) in [5.74, 6) is -4.40. The summed E-state index contributed by atoms with van der Waals surface area (Å²) < 4.78 is 45.9. The van der Waals surface area contributed by atoms with Crippen LogP contribution in [-0.4, -0.2) is 25.7 Å². The second-order valence-electron chi connectivity index (χ2n) is 9.68. The quantitative estimate of drug-likeness (QED) is 0.211. The third-order valence-corrected chi connectivity index (χ3v) is 7.13. The molecule has 0 bridgehead atoms. The summed E-state index contributed by atoms with van der Waals surface area (Å²) in [4.78, 5) is 25.3. The van der Waals surface area contributed by atoms with E-state index in [0.29, 0.717) is 0 Å². The zero-order valence-corrected chi connectivity index (χ0v) is 21.9. The smallest absolute Gasteiger partial charge is 0.309 e. The highest BCUT2D eigenvalue weighted by Crippen LogP contribution is 2.44. The molecule has 0 aromatic heterocycles. The summed E-state index contributed by atoms with van der Waals surface area (Å²) in [5.41, 5.74) is 4.82. The summed E-state index contributed by atoms with van der Waals surface area (Å²) >= 11 is 0. The summed E-state index contributed by atoms with van der Waals surface area (Å²) in [6.45, 7) is 0.225. The van der Waals surface area contributed by atoms with Crippen LogP contribution in [0.25, 0.3) is 11.1 Å². The van der Waals surface area contributed by atoms with E-state index in [1.165, 1.54) is 7.11 Å². The van der Waals surface area contributed by atoms with Gasteiger partial charge in [-0.2, -0.15) is 0 Å². The van der Waals surface area contributed by atoms with Gasteiger partial charge in [0, 0.05) is 23.6 Å². The van der Waals surface area contributed by atoms with Crippen molar-refractivity contribution in [2.24, 2.45) is 5.92 Å². The highest BCUT2D eigenvalue weighted by atomic mass is 19.1. The van der Waals surface area contributed by atoms with E-state index in [4.69, 9.17) is 14.2 Å². The topological polar surface area (TPSA) is 61.8 Å². The van der Waals surface area contributed by atoms with Crippen molar-refractivity contribution >= 4 is 11.9 Å². The Morgan fingerprint density at radius 3 is 2.00 bits per heavy atom. The van der Waals surface area contributed by atoms with Crippen molar-refractivity contribution in [3.05, 3.63) is 125 Å². The number of rotatable bonds is 10. The van der Waals surface area contributed by atoms with Gasteiger partial charge < -0.3 is 14.2 Å². The molecule has 1 aliphatic rings. The molecule has 40 heavy (non-hydrogen) atoms. The van der Waals surface area contributed by atoms with E-state index in [1.807, 2.05) is 78.9 Å². The minimum Gasteiger partial charge on any atom is -0.489 e. The van der Waals surface area contributed by atoms with Gasteiger partial charge in [0.15, 0.2) is 0 Å². The Kier molecular flexibility index (Phi) is 8.20. The van der Waals surface area contributed by atoms with Gasteiger partial charge in [0.05, 0.1) is 19.4 Å². The molecule has 204 valence electrons. The maximum Gasteiger partial charge on any atom is 0.309 e. The van der Waals surface area contributed by atoms with Crippen molar-refractivity contribution < 1.29 is 32.6 Å². The maximum atomic E-state index is 14.9. The van der Waals surface area contributed by atoms with Crippen molar-refractivity contribution in [3.8, 4) is 16.9 Å². The van der Waals surface area contributed by atoms with Gasteiger partial charge in [0.2, 0.25) is 0 Å². The number of hydrogen-bond acceptors (Lipinski definition) is 5. The first kappa shape index (κ1) is 27.1. The Morgan fingerprint density at radius 2 is 1.40 bits per heavy atom. The van der Waals surface area contributed by atoms with E-state index >= 15 is 0 Å². The summed E-state index contributed by atoms with van der Waals surface area (Å²) in [6.07, 6.45) is -0.749. The molecule has 0 spiro atoms. The van der Waals surface area contributed by atoms with Crippen LogP contribution >= 0.6 is 0 Å². The Balaban J connectivity index is 1.25. The highest BCUT2D eigenvalue weighted by molar-refractivity contribution is 5.81. The van der Waals surface area contributed by atoms with Crippen LogP contribution < -0.4 is 4.74 Å². The summed E-state index contributed by atoms with van der Waals surface area (Å²) in [5, 5.41) is 0. The Morgan fingerprint density at radius 1 is 0.825 bits per heavy atom. The molecule has 4 aromatic rings. The van der Waals surface area contributed by atoms with Gasteiger partial charge in [-0.15, -0.1) is 0 Å². The maximum absolute atomic E-state index is 14.9. The van der Waals surface area contributed by atoms with Gasteiger partial charge in [-0.1, -0.05) is 78.9 Å². The van der Waals surface area contributed by atoms with Crippen LogP contribution in [0, 0.1) is 17.6 Å². The molecule has 0 unspecified atom stereocenters. The van der Waals surface area contributed by atoms with Gasteiger partial charge in [0.25, 0.3) is 0 Å². The lowest BCUT2D eigenvalue weighted by Crippen LogP contribution is -2.25. The zero-order valence-electron chi connectivity index (χ0n) is 21.9. The van der Waals surface area contributed by atoms with Gasteiger partial charge >= 0.3 is 11.9 Å². The molecule has 1 aliphatic carbocycles. The van der Waals surface area contributed by atoms with Gasteiger partial charge in [-0.3, -0.25) is 9.59 Å². The predicted octanol–water partition coefficient (Wildman–Crippen LogP) is 6.62. The predicted molar refractivity (Wildman–Crippen MR) is 146 cm³/mol. The lowest BCUT2D eigenvalue weighted by atomic mass is 9.95. The van der Waals surface area contributed by atoms with E-state index < -0.39 is 29.5 Å². The number of ether oxygens (including phenoxy) is 3. The van der Waals surface area contributed by atoms with Crippen LogP contribution in [0.3, 0.4) is 0 Å². The second-order valence-corrected chi connectivity index (χ2v) is 9.68. The van der Waals surface area contributed by atoms with Crippen molar-refractivity contribution in [1.82, 2.24) is 0 Å². The molecule has 7 heteroatoms. The minimum absolute atomic E-state index is 0.0220. The summed E-state index contributed by atoms with van der Waals surface area (Å²) in [7, 11) is 1.17. The molecule has 0 saturated heterocycles. The minimum atomic E-state index is -1.12. The number of halogens is 2. The number of benzene rings is 4. The van der Waals surface area contributed by atoms with Crippen LogP contribution in [0.2, 0.25) is 0 Å². The first-order chi connectivity index (χ1) is 19.4. The molecule has 0 heterocycles. The second kappa shape index (κ2) is 12.1.